The van der Waals surface area contributed by atoms with Crippen LogP contribution in [0.25, 0.3) is 0 Å². The molecule has 0 atom stereocenters. The third-order valence-electron chi connectivity index (χ3n) is 1.98. The lowest BCUT2D eigenvalue weighted by molar-refractivity contribution is 0.628. The van der Waals surface area contributed by atoms with Gasteiger partial charge in [0.25, 0.3) is 5.56 Å². The fourth-order valence-electron chi connectivity index (χ4n) is 1.18. The fourth-order valence-corrected chi connectivity index (χ4v) is 1.68. The molecule has 4 nitrogen and oxygen atoms in total. The van der Waals surface area contributed by atoms with Gasteiger partial charge < -0.3 is 10.3 Å². The molecule has 2 N–H and O–H groups in total. The first-order valence-corrected chi connectivity index (χ1v) is 5.70. The van der Waals surface area contributed by atoms with Crippen molar-refractivity contribution in [3.05, 3.63) is 50.2 Å². The molecule has 0 fully saturated rings. The molecule has 1 aromatic carbocycles. The quantitative estimate of drug-likeness (QED) is 0.894. The Morgan fingerprint density at radius 3 is 2.94 bits per heavy atom. The van der Waals surface area contributed by atoms with E-state index >= 15 is 0 Å². The van der Waals surface area contributed by atoms with Crippen LogP contribution < -0.4 is 10.9 Å². The van der Waals surface area contributed by atoms with E-state index < -0.39 is 5.82 Å². The number of aromatic nitrogens is 2. The van der Waals surface area contributed by atoms with Crippen LogP contribution in [0, 0.1) is 5.82 Å². The van der Waals surface area contributed by atoms with Gasteiger partial charge in [0.05, 0.1) is 11.3 Å². The highest BCUT2D eigenvalue weighted by Gasteiger charge is 2.06. The molecule has 0 radical (unpaired) electrons. The van der Waals surface area contributed by atoms with Gasteiger partial charge in [-0.3, -0.25) is 4.79 Å². The molecule has 0 bridgehead atoms. The van der Waals surface area contributed by atoms with Crippen LogP contribution >= 0.6 is 27.5 Å². The number of anilines is 2. The van der Waals surface area contributed by atoms with Gasteiger partial charge in [0, 0.05) is 5.69 Å². The Morgan fingerprint density at radius 2 is 2.24 bits per heavy atom. The summed E-state index contributed by atoms with van der Waals surface area (Å²) < 4.78 is 13.2. The molecule has 7 heteroatoms. The molecule has 17 heavy (non-hydrogen) atoms. The zero-order chi connectivity index (χ0) is 12.4. The fraction of sp³-hybridized carbons (Fsp3) is 0. The summed E-state index contributed by atoms with van der Waals surface area (Å²) in [5.41, 5.74) is 0.228. The molecule has 1 aromatic heterocycles. The maximum atomic E-state index is 12.9. The van der Waals surface area contributed by atoms with Gasteiger partial charge in [-0.15, -0.1) is 0 Å². The van der Waals surface area contributed by atoms with Gasteiger partial charge >= 0.3 is 0 Å². The largest absolute Gasteiger partial charge is 0.339 e. The first kappa shape index (κ1) is 12.1. The Morgan fingerprint density at radius 1 is 1.47 bits per heavy atom. The number of nitrogens with zero attached hydrogens (tertiary/aromatic N) is 1. The molecule has 88 valence electrons. The smallest absolute Gasteiger partial charge is 0.267 e. The molecular formula is C10H6BrClFN3O. The third-order valence-corrected chi connectivity index (χ3v) is 3.00. The number of hydrogen-bond acceptors (Lipinski definition) is 3. The van der Waals surface area contributed by atoms with Gasteiger partial charge in [-0.2, -0.15) is 0 Å². The van der Waals surface area contributed by atoms with Gasteiger partial charge in [-0.25, -0.2) is 9.37 Å². The van der Waals surface area contributed by atoms with Crippen molar-refractivity contribution in [2.24, 2.45) is 0 Å². The van der Waals surface area contributed by atoms with E-state index in [1.54, 1.807) is 0 Å². The lowest BCUT2D eigenvalue weighted by Gasteiger charge is -2.07. The topological polar surface area (TPSA) is 57.8 Å². The molecule has 0 unspecified atom stereocenters. The molecule has 0 saturated carbocycles. The van der Waals surface area contributed by atoms with E-state index in [4.69, 9.17) is 11.6 Å². The minimum Gasteiger partial charge on any atom is -0.339 e. The highest BCUT2D eigenvalue weighted by atomic mass is 79.9. The second-order valence-electron chi connectivity index (χ2n) is 3.15. The highest BCUT2D eigenvalue weighted by molar-refractivity contribution is 9.10. The highest BCUT2D eigenvalue weighted by Crippen LogP contribution is 2.23. The average molecular weight is 319 g/mol. The molecule has 2 aromatic rings. The zero-order valence-electron chi connectivity index (χ0n) is 8.30. The predicted octanol–water partition coefficient (Wildman–Crippen LogP) is 3.07. The van der Waals surface area contributed by atoms with E-state index in [0.717, 1.165) is 0 Å². The van der Waals surface area contributed by atoms with Crippen molar-refractivity contribution in [1.29, 1.82) is 0 Å². The van der Waals surface area contributed by atoms with Gasteiger partial charge in [0.1, 0.15) is 10.3 Å². The Bertz CT molecular complexity index is 617. The first-order chi connectivity index (χ1) is 8.08. The molecule has 0 spiro atoms. The average Bonchev–Trinajstić information content (AvgIpc) is 2.30. The summed E-state index contributed by atoms with van der Waals surface area (Å²) in [5.74, 6) is -0.174. The van der Waals surface area contributed by atoms with Crippen molar-refractivity contribution in [3.63, 3.8) is 0 Å². The van der Waals surface area contributed by atoms with Crippen molar-refractivity contribution in [1.82, 2.24) is 9.97 Å². The van der Waals surface area contributed by atoms with E-state index in [1.807, 2.05) is 0 Å². The van der Waals surface area contributed by atoms with Crippen LogP contribution in [0.1, 0.15) is 0 Å². The molecule has 0 saturated heterocycles. The van der Waals surface area contributed by atoms with Gasteiger partial charge in [-0.1, -0.05) is 11.6 Å². The summed E-state index contributed by atoms with van der Waals surface area (Å²) in [5, 5.41) is 2.85. The van der Waals surface area contributed by atoms with Crippen LogP contribution in [0.2, 0.25) is 5.02 Å². The molecule has 1 heterocycles. The number of H-pyrrole nitrogens is 1. The van der Waals surface area contributed by atoms with Crippen LogP contribution in [0.3, 0.4) is 0 Å². The lowest BCUT2D eigenvalue weighted by atomic mass is 10.3. The molecule has 2 rings (SSSR count). The van der Waals surface area contributed by atoms with E-state index in [2.05, 4.69) is 31.2 Å². The standard InChI is InChI=1S/C10H6BrClFN3O/c11-8-9(14-4-15-10(8)17)16-5-1-2-7(13)6(12)3-5/h1-4H,(H2,14,15,16,17). The maximum absolute atomic E-state index is 12.9. The van der Waals surface area contributed by atoms with Gasteiger partial charge in [0.15, 0.2) is 5.82 Å². The number of rotatable bonds is 2. The Balaban J connectivity index is 2.35. The van der Waals surface area contributed by atoms with Gasteiger partial charge in [-0.05, 0) is 34.1 Å². The van der Waals surface area contributed by atoms with Crippen molar-refractivity contribution in [2.75, 3.05) is 5.32 Å². The van der Waals surface area contributed by atoms with Crippen LogP contribution in [-0.2, 0) is 0 Å². The summed E-state index contributed by atoms with van der Waals surface area (Å²) in [4.78, 5) is 17.6. The minimum atomic E-state index is -0.504. The summed E-state index contributed by atoms with van der Waals surface area (Å²) in [6, 6.07) is 4.13. The second-order valence-corrected chi connectivity index (χ2v) is 4.35. The lowest BCUT2D eigenvalue weighted by Crippen LogP contribution is -2.10. The summed E-state index contributed by atoms with van der Waals surface area (Å²) in [7, 11) is 0. The number of halogens is 3. The monoisotopic (exact) mass is 317 g/mol. The SMILES string of the molecule is O=c1[nH]cnc(Nc2ccc(F)c(Cl)c2)c1Br. The number of hydrogen-bond donors (Lipinski definition) is 2. The molecule has 0 aliphatic rings. The molecule has 0 aliphatic carbocycles. The van der Waals surface area contributed by atoms with Crippen molar-refractivity contribution < 1.29 is 4.39 Å². The third kappa shape index (κ3) is 2.65. The zero-order valence-corrected chi connectivity index (χ0v) is 10.6. The first-order valence-electron chi connectivity index (χ1n) is 4.53. The Kier molecular flexibility index (Phi) is 3.44. The van der Waals surface area contributed by atoms with E-state index in [9.17, 15) is 9.18 Å². The van der Waals surface area contributed by atoms with E-state index in [0.29, 0.717) is 11.5 Å². The minimum absolute atomic E-state index is 0.00374. The number of nitrogens with one attached hydrogen (secondary N) is 2. The Hall–Kier alpha value is -1.40. The van der Waals surface area contributed by atoms with Crippen molar-refractivity contribution in [2.45, 2.75) is 0 Å². The van der Waals surface area contributed by atoms with Gasteiger partial charge in [0.2, 0.25) is 0 Å². The number of aromatic amines is 1. The normalized spacial score (nSPS) is 10.3. The Labute approximate surface area is 109 Å². The predicted molar refractivity (Wildman–Crippen MR) is 67.3 cm³/mol. The van der Waals surface area contributed by atoms with Crippen LogP contribution in [0.4, 0.5) is 15.9 Å². The van der Waals surface area contributed by atoms with E-state index in [-0.39, 0.29) is 15.1 Å². The number of benzene rings is 1. The van der Waals surface area contributed by atoms with Crippen LogP contribution in [-0.4, -0.2) is 9.97 Å². The van der Waals surface area contributed by atoms with Crippen LogP contribution in [0.15, 0.2) is 33.8 Å². The molecular weight excluding hydrogens is 312 g/mol. The summed E-state index contributed by atoms with van der Waals surface area (Å²) in [6.07, 6.45) is 1.26. The summed E-state index contributed by atoms with van der Waals surface area (Å²) in [6.45, 7) is 0. The maximum Gasteiger partial charge on any atom is 0.267 e. The van der Waals surface area contributed by atoms with Crippen LogP contribution in [0.5, 0.6) is 0 Å². The van der Waals surface area contributed by atoms with Crippen molar-refractivity contribution >= 4 is 39.0 Å². The summed E-state index contributed by atoms with van der Waals surface area (Å²) >= 11 is 8.73. The molecule has 0 aliphatic heterocycles. The van der Waals surface area contributed by atoms with E-state index in [1.165, 1.54) is 24.5 Å². The van der Waals surface area contributed by atoms with Crippen molar-refractivity contribution in [3.8, 4) is 0 Å². The second kappa shape index (κ2) is 4.85. The molecule has 0 amide bonds.